The lowest BCUT2D eigenvalue weighted by molar-refractivity contribution is 0.136. The van der Waals surface area contributed by atoms with Gasteiger partial charge in [0.15, 0.2) is 0 Å². The molecule has 0 aliphatic carbocycles. The summed E-state index contributed by atoms with van der Waals surface area (Å²) >= 11 is 0. The third-order valence-electron chi connectivity index (χ3n) is 3.53. The van der Waals surface area contributed by atoms with Crippen molar-refractivity contribution in [2.75, 3.05) is 21.2 Å². The second-order valence-electron chi connectivity index (χ2n) is 5.03. The van der Waals surface area contributed by atoms with Gasteiger partial charge in [0.2, 0.25) is 0 Å². The molecule has 0 spiro atoms. The molecule has 0 aromatic heterocycles. The van der Waals surface area contributed by atoms with E-state index in [1.165, 1.54) is 12.1 Å². The average molecular weight is 255 g/mol. The van der Waals surface area contributed by atoms with E-state index in [0.29, 0.717) is 11.3 Å². The van der Waals surface area contributed by atoms with Gasteiger partial charge < -0.3 is 9.64 Å². The van der Waals surface area contributed by atoms with Gasteiger partial charge in [-0.15, -0.1) is 0 Å². The molecule has 0 saturated heterocycles. The van der Waals surface area contributed by atoms with E-state index in [0.717, 1.165) is 0 Å². The lowest BCUT2D eigenvalue weighted by Crippen LogP contribution is -2.51. The Morgan fingerprint density at radius 3 is 2.44 bits per heavy atom. The predicted molar refractivity (Wildman–Crippen MR) is 70.8 cm³/mol. The molecule has 18 heavy (non-hydrogen) atoms. The molecule has 0 aliphatic rings. The standard InChI is InChI=1S/C13H22FN3O/c1-13(2,17(3)4)12(16-15)10-8-9(14)6-7-11(10)18-5/h6-8,12,16H,15H2,1-5H3. The summed E-state index contributed by atoms with van der Waals surface area (Å²) in [4.78, 5) is 2.03. The van der Waals surface area contributed by atoms with Crippen LogP contribution in [-0.4, -0.2) is 31.6 Å². The summed E-state index contributed by atoms with van der Waals surface area (Å²) in [5.74, 6) is 5.96. The van der Waals surface area contributed by atoms with Crippen molar-refractivity contribution in [2.45, 2.75) is 25.4 Å². The minimum atomic E-state index is -0.305. The SMILES string of the molecule is COc1ccc(F)cc1C(NN)C(C)(C)N(C)C. The van der Waals surface area contributed by atoms with Crippen LogP contribution in [-0.2, 0) is 0 Å². The van der Waals surface area contributed by atoms with Gasteiger partial charge in [-0.3, -0.25) is 11.3 Å². The average Bonchev–Trinajstić information content (AvgIpc) is 2.29. The van der Waals surface area contributed by atoms with Crippen molar-refractivity contribution in [3.05, 3.63) is 29.6 Å². The van der Waals surface area contributed by atoms with Crippen LogP contribution in [0.1, 0.15) is 25.5 Å². The first kappa shape index (κ1) is 14.9. The number of nitrogens with two attached hydrogens (primary N) is 1. The highest BCUT2D eigenvalue weighted by Crippen LogP contribution is 2.34. The molecule has 0 amide bonds. The Morgan fingerprint density at radius 1 is 1.39 bits per heavy atom. The van der Waals surface area contributed by atoms with Crippen LogP contribution in [0, 0.1) is 5.82 Å². The van der Waals surface area contributed by atoms with Gasteiger partial charge in [0.25, 0.3) is 0 Å². The molecule has 0 aliphatic heterocycles. The van der Waals surface area contributed by atoms with Crippen LogP contribution in [0.2, 0.25) is 0 Å². The predicted octanol–water partition coefficient (Wildman–Crippen LogP) is 1.68. The Kier molecular flexibility index (Phi) is 4.67. The number of ether oxygens (including phenoxy) is 1. The van der Waals surface area contributed by atoms with Gasteiger partial charge in [0, 0.05) is 11.1 Å². The topological polar surface area (TPSA) is 50.5 Å². The molecular weight excluding hydrogens is 233 g/mol. The minimum absolute atomic E-state index is 0.252. The second kappa shape index (κ2) is 5.65. The Hall–Kier alpha value is -1.17. The summed E-state index contributed by atoms with van der Waals surface area (Å²) in [5, 5.41) is 0. The maximum absolute atomic E-state index is 13.4. The lowest BCUT2D eigenvalue weighted by atomic mass is 9.87. The second-order valence-corrected chi connectivity index (χ2v) is 5.03. The smallest absolute Gasteiger partial charge is 0.123 e. The number of hydrogen-bond donors (Lipinski definition) is 2. The number of hydrogen-bond acceptors (Lipinski definition) is 4. The van der Waals surface area contributed by atoms with Crippen LogP contribution in [0.5, 0.6) is 5.75 Å². The maximum Gasteiger partial charge on any atom is 0.123 e. The van der Waals surface area contributed by atoms with E-state index in [1.807, 2.05) is 32.8 Å². The van der Waals surface area contributed by atoms with Crippen molar-refractivity contribution in [3.8, 4) is 5.75 Å². The van der Waals surface area contributed by atoms with Crippen molar-refractivity contribution in [3.63, 3.8) is 0 Å². The van der Waals surface area contributed by atoms with E-state index in [2.05, 4.69) is 5.43 Å². The largest absolute Gasteiger partial charge is 0.496 e. The van der Waals surface area contributed by atoms with Crippen LogP contribution in [0.25, 0.3) is 0 Å². The molecule has 1 aromatic carbocycles. The summed E-state index contributed by atoms with van der Waals surface area (Å²) in [6, 6.07) is 4.19. The van der Waals surface area contributed by atoms with E-state index in [4.69, 9.17) is 10.6 Å². The van der Waals surface area contributed by atoms with E-state index >= 15 is 0 Å². The van der Waals surface area contributed by atoms with Gasteiger partial charge in [-0.25, -0.2) is 4.39 Å². The number of nitrogens with one attached hydrogen (secondary N) is 1. The number of hydrazine groups is 1. The number of benzene rings is 1. The van der Waals surface area contributed by atoms with Crippen molar-refractivity contribution < 1.29 is 9.13 Å². The Balaban J connectivity index is 3.28. The highest BCUT2D eigenvalue weighted by atomic mass is 19.1. The molecular formula is C13H22FN3O. The number of methoxy groups -OCH3 is 1. The zero-order chi connectivity index (χ0) is 13.9. The number of rotatable bonds is 5. The van der Waals surface area contributed by atoms with Gasteiger partial charge in [0.05, 0.1) is 13.2 Å². The molecule has 0 saturated carbocycles. The van der Waals surface area contributed by atoms with Crippen molar-refractivity contribution in [1.82, 2.24) is 10.3 Å². The first-order valence-electron chi connectivity index (χ1n) is 5.81. The molecule has 1 rings (SSSR count). The van der Waals surface area contributed by atoms with Gasteiger partial charge in [-0.2, -0.15) is 0 Å². The molecule has 4 nitrogen and oxygen atoms in total. The zero-order valence-corrected chi connectivity index (χ0v) is 11.6. The van der Waals surface area contributed by atoms with Crippen molar-refractivity contribution >= 4 is 0 Å². The molecule has 1 atom stereocenters. The molecule has 1 aromatic rings. The fourth-order valence-electron chi connectivity index (χ4n) is 1.86. The fourth-order valence-corrected chi connectivity index (χ4v) is 1.86. The van der Waals surface area contributed by atoms with Crippen molar-refractivity contribution in [1.29, 1.82) is 0 Å². The van der Waals surface area contributed by atoms with Crippen LogP contribution in [0.3, 0.4) is 0 Å². The van der Waals surface area contributed by atoms with E-state index < -0.39 is 0 Å². The third-order valence-corrected chi connectivity index (χ3v) is 3.53. The normalized spacial score (nSPS) is 13.8. The van der Waals surface area contributed by atoms with E-state index in [-0.39, 0.29) is 17.4 Å². The maximum atomic E-state index is 13.4. The van der Waals surface area contributed by atoms with E-state index in [9.17, 15) is 4.39 Å². The Bertz CT molecular complexity index is 407. The molecule has 0 fully saturated rings. The molecule has 102 valence electrons. The summed E-state index contributed by atoms with van der Waals surface area (Å²) in [7, 11) is 5.47. The lowest BCUT2D eigenvalue weighted by Gasteiger charge is -2.40. The van der Waals surface area contributed by atoms with Crippen LogP contribution in [0.15, 0.2) is 18.2 Å². The van der Waals surface area contributed by atoms with Gasteiger partial charge in [-0.1, -0.05) is 0 Å². The molecule has 0 heterocycles. The minimum Gasteiger partial charge on any atom is -0.496 e. The summed E-state index contributed by atoms with van der Waals surface area (Å²) in [5.41, 5.74) is 3.16. The first-order valence-corrected chi connectivity index (χ1v) is 5.81. The molecule has 0 bridgehead atoms. The highest BCUT2D eigenvalue weighted by molar-refractivity contribution is 5.38. The Morgan fingerprint density at radius 2 is 2.00 bits per heavy atom. The van der Waals surface area contributed by atoms with Crippen LogP contribution in [0.4, 0.5) is 4.39 Å². The zero-order valence-electron chi connectivity index (χ0n) is 11.6. The molecule has 3 N–H and O–H groups in total. The van der Waals surface area contributed by atoms with Gasteiger partial charge >= 0.3 is 0 Å². The van der Waals surface area contributed by atoms with E-state index in [1.54, 1.807) is 13.2 Å². The summed E-state index contributed by atoms with van der Waals surface area (Å²) in [6.07, 6.45) is 0. The van der Waals surface area contributed by atoms with Crippen molar-refractivity contribution in [2.24, 2.45) is 5.84 Å². The summed E-state index contributed by atoms with van der Waals surface area (Å²) in [6.45, 7) is 4.06. The molecule has 0 radical (unpaired) electrons. The Labute approximate surface area is 108 Å². The monoisotopic (exact) mass is 255 g/mol. The quantitative estimate of drug-likeness (QED) is 0.621. The van der Waals surface area contributed by atoms with Gasteiger partial charge in [-0.05, 0) is 46.1 Å². The first-order chi connectivity index (χ1) is 8.34. The fraction of sp³-hybridized carbons (Fsp3) is 0.538. The number of likely N-dealkylation sites (N-methyl/N-ethyl adjacent to an activating group) is 1. The number of halogens is 1. The number of nitrogens with zero attached hydrogens (tertiary/aromatic N) is 1. The van der Waals surface area contributed by atoms with Gasteiger partial charge in [0.1, 0.15) is 11.6 Å². The molecule has 5 heteroatoms. The van der Waals surface area contributed by atoms with Crippen LogP contribution >= 0.6 is 0 Å². The van der Waals surface area contributed by atoms with Crippen LogP contribution < -0.4 is 16.0 Å². The highest BCUT2D eigenvalue weighted by Gasteiger charge is 2.34. The molecule has 1 unspecified atom stereocenters. The summed E-state index contributed by atoms with van der Waals surface area (Å²) < 4.78 is 18.7. The third kappa shape index (κ3) is 2.80.